The fourth-order valence-corrected chi connectivity index (χ4v) is 2.95. The molecule has 0 aliphatic rings. The zero-order valence-corrected chi connectivity index (χ0v) is 16.7. The summed E-state index contributed by atoms with van der Waals surface area (Å²) in [6.07, 6.45) is 2.35. The summed E-state index contributed by atoms with van der Waals surface area (Å²) in [5, 5.41) is 11.9. The maximum atomic E-state index is 12.3. The number of anilines is 1. The van der Waals surface area contributed by atoms with Gasteiger partial charge in [0.05, 0.1) is 28.7 Å². The van der Waals surface area contributed by atoms with Gasteiger partial charge in [0.1, 0.15) is 5.82 Å². The molecule has 1 amide bonds. The molecule has 0 radical (unpaired) electrons. The zero-order chi connectivity index (χ0) is 19.9. The van der Waals surface area contributed by atoms with Crippen LogP contribution in [-0.2, 0) is 11.3 Å². The van der Waals surface area contributed by atoms with Crippen LogP contribution in [0.4, 0.5) is 5.82 Å². The van der Waals surface area contributed by atoms with Crippen molar-refractivity contribution in [1.82, 2.24) is 20.1 Å². The van der Waals surface area contributed by atoms with Crippen molar-refractivity contribution >= 4 is 34.9 Å². The van der Waals surface area contributed by atoms with Gasteiger partial charge in [-0.3, -0.25) is 9.69 Å². The number of carbonyl (C=O) groups is 1. The summed E-state index contributed by atoms with van der Waals surface area (Å²) in [6, 6.07) is 10.6. The van der Waals surface area contributed by atoms with E-state index in [0.29, 0.717) is 46.3 Å². The second-order valence-corrected chi connectivity index (χ2v) is 6.94. The number of nitrogens with one attached hydrogen (secondary N) is 1. The van der Waals surface area contributed by atoms with Crippen molar-refractivity contribution in [2.45, 2.75) is 19.9 Å². The Morgan fingerprint density at radius 1 is 1.18 bits per heavy atom. The molecule has 0 fully saturated rings. The Hall–Kier alpha value is -2.48. The van der Waals surface area contributed by atoms with Gasteiger partial charge in [0.15, 0.2) is 0 Å². The second kappa shape index (κ2) is 9.64. The van der Waals surface area contributed by atoms with Crippen LogP contribution < -0.4 is 5.32 Å². The highest BCUT2D eigenvalue weighted by Crippen LogP contribution is 2.26. The quantitative estimate of drug-likeness (QED) is 0.585. The normalized spacial score (nSPS) is 11.0. The molecule has 0 bridgehead atoms. The van der Waals surface area contributed by atoms with Crippen LogP contribution in [0.25, 0.3) is 11.5 Å². The van der Waals surface area contributed by atoms with Gasteiger partial charge in [-0.15, -0.1) is 10.2 Å². The number of hydrogen-bond donors (Lipinski definition) is 1. The highest BCUT2D eigenvalue weighted by Gasteiger charge is 2.16. The van der Waals surface area contributed by atoms with Gasteiger partial charge in [-0.1, -0.05) is 42.3 Å². The number of nitrogens with zero attached hydrogens (tertiary/aromatic N) is 4. The maximum absolute atomic E-state index is 12.3. The number of aromatic nitrogens is 3. The predicted octanol–water partition coefficient (Wildman–Crippen LogP) is 4.29. The van der Waals surface area contributed by atoms with E-state index in [-0.39, 0.29) is 12.5 Å². The van der Waals surface area contributed by atoms with Crippen molar-refractivity contribution in [2.75, 3.05) is 18.4 Å². The molecular formula is C19H19Cl2N5O2. The zero-order valence-electron chi connectivity index (χ0n) is 15.2. The van der Waals surface area contributed by atoms with Crippen LogP contribution in [0, 0.1) is 0 Å². The minimum Gasteiger partial charge on any atom is -0.419 e. The number of rotatable bonds is 8. The molecular weight excluding hydrogens is 401 g/mol. The molecule has 0 saturated carbocycles. The topological polar surface area (TPSA) is 84.2 Å². The van der Waals surface area contributed by atoms with Crippen molar-refractivity contribution in [1.29, 1.82) is 0 Å². The molecule has 1 N–H and O–H groups in total. The first-order valence-electron chi connectivity index (χ1n) is 8.76. The van der Waals surface area contributed by atoms with E-state index < -0.39 is 0 Å². The molecule has 7 nitrogen and oxygen atoms in total. The average molecular weight is 420 g/mol. The van der Waals surface area contributed by atoms with E-state index in [0.717, 1.165) is 6.42 Å². The Balaban J connectivity index is 1.63. The fraction of sp³-hybridized carbons (Fsp3) is 0.263. The van der Waals surface area contributed by atoms with Crippen molar-refractivity contribution in [3.63, 3.8) is 0 Å². The predicted molar refractivity (Wildman–Crippen MR) is 108 cm³/mol. The Kier molecular flexibility index (Phi) is 6.97. The maximum Gasteiger partial charge on any atom is 0.249 e. The number of benzene rings is 1. The lowest BCUT2D eigenvalue weighted by Gasteiger charge is -2.18. The van der Waals surface area contributed by atoms with Crippen molar-refractivity contribution in [2.24, 2.45) is 0 Å². The van der Waals surface area contributed by atoms with E-state index in [2.05, 4.69) is 20.5 Å². The molecule has 3 aromatic rings. The summed E-state index contributed by atoms with van der Waals surface area (Å²) < 4.78 is 5.73. The minimum atomic E-state index is -0.186. The van der Waals surface area contributed by atoms with Crippen LogP contribution in [0.5, 0.6) is 0 Å². The van der Waals surface area contributed by atoms with Gasteiger partial charge in [-0.05, 0) is 37.2 Å². The molecule has 0 aliphatic heterocycles. The molecule has 28 heavy (non-hydrogen) atoms. The molecule has 0 aliphatic carbocycles. The SMILES string of the molecule is CCCN(CC(=O)Nc1ccc(Cl)cn1)Cc1nnc(-c2ccccc2Cl)o1. The highest BCUT2D eigenvalue weighted by molar-refractivity contribution is 6.33. The molecule has 9 heteroatoms. The first kappa shape index (κ1) is 20.3. The summed E-state index contributed by atoms with van der Waals surface area (Å²) in [7, 11) is 0. The van der Waals surface area contributed by atoms with E-state index in [1.807, 2.05) is 30.0 Å². The first-order valence-corrected chi connectivity index (χ1v) is 9.51. The monoisotopic (exact) mass is 419 g/mol. The van der Waals surface area contributed by atoms with Gasteiger partial charge in [0, 0.05) is 6.20 Å². The molecule has 1 aromatic carbocycles. The third kappa shape index (κ3) is 5.51. The van der Waals surface area contributed by atoms with E-state index in [1.54, 1.807) is 18.2 Å². The largest absolute Gasteiger partial charge is 0.419 e. The lowest BCUT2D eigenvalue weighted by Crippen LogP contribution is -2.33. The third-order valence-electron chi connectivity index (χ3n) is 3.83. The van der Waals surface area contributed by atoms with Gasteiger partial charge in [0.25, 0.3) is 0 Å². The summed E-state index contributed by atoms with van der Waals surface area (Å²) in [5.41, 5.74) is 0.677. The van der Waals surface area contributed by atoms with E-state index >= 15 is 0 Å². The van der Waals surface area contributed by atoms with Gasteiger partial charge in [-0.25, -0.2) is 4.98 Å². The molecule has 3 rings (SSSR count). The van der Waals surface area contributed by atoms with Gasteiger partial charge in [-0.2, -0.15) is 0 Å². The number of pyridine rings is 1. The molecule has 0 unspecified atom stereocenters. The van der Waals surface area contributed by atoms with Crippen LogP contribution in [-0.4, -0.2) is 39.1 Å². The third-order valence-corrected chi connectivity index (χ3v) is 4.39. The van der Waals surface area contributed by atoms with Crippen LogP contribution in [0.3, 0.4) is 0 Å². The Labute approximate surface area is 172 Å². The summed E-state index contributed by atoms with van der Waals surface area (Å²) in [5.74, 6) is 1.03. The van der Waals surface area contributed by atoms with Crippen molar-refractivity contribution in [3.05, 3.63) is 58.5 Å². The molecule has 0 saturated heterocycles. The van der Waals surface area contributed by atoms with Gasteiger partial charge < -0.3 is 9.73 Å². The summed E-state index contributed by atoms with van der Waals surface area (Å²) in [4.78, 5) is 18.3. The Bertz CT molecular complexity index is 930. The smallest absolute Gasteiger partial charge is 0.249 e. The first-order chi connectivity index (χ1) is 13.5. The van der Waals surface area contributed by atoms with Crippen molar-refractivity contribution < 1.29 is 9.21 Å². The Morgan fingerprint density at radius 3 is 2.71 bits per heavy atom. The fourth-order valence-electron chi connectivity index (χ4n) is 2.62. The number of amides is 1. The van der Waals surface area contributed by atoms with Crippen LogP contribution in [0.15, 0.2) is 47.0 Å². The van der Waals surface area contributed by atoms with E-state index in [1.165, 1.54) is 6.20 Å². The molecule has 0 atom stereocenters. The van der Waals surface area contributed by atoms with Gasteiger partial charge in [0.2, 0.25) is 17.7 Å². The number of hydrogen-bond acceptors (Lipinski definition) is 6. The lowest BCUT2D eigenvalue weighted by molar-refractivity contribution is -0.117. The van der Waals surface area contributed by atoms with Crippen LogP contribution >= 0.6 is 23.2 Å². The molecule has 2 aromatic heterocycles. The molecule has 2 heterocycles. The average Bonchev–Trinajstić information content (AvgIpc) is 3.12. The van der Waals surface area contributed by atoms with Crippen LogP contribution in [0.1, 0.15) is 19.2 Å². The van der Waals surface area contributed by atoms with Crippen LogP contribution in [0.2, 0.25) is 10.0 Å². The van der Waals surface area contributed by atoms with E-state index in [4.69, 9.17) is 27.6 Å². The second-order valence-electron chi connectivity index (χ2n) is 6.10. The number of halogens is 2. The summed E-state index contributed by atoms with van der Waals surface area (Å²) in [6.45, 7) is 3.26. The lowest BCUT2D eigenvalue weighted by atomic mass is 10.2. The molecule has 0 spiro atoms. The summed E-state index contributed by atoms with van der Waals surface area (Å²) >= 11 is 12.0. The van der Waals surface area contributed by atoms with Crippen molar-refractivity contribution in [3.8, 4) is 11.5 Å². The van der Waals surface area contributed by atoms with E-state index in [9.17, 15) is 4.79 Å². The Morgan fingerprint density at radius 2 is 2.00 bits per heavy atom. The standard InChI is InChI=1S/C19H19Cl2N5O2/c1-2-9-26(11-17(27)23-16-8-7-13(20)10-22-16)12-18-24-25-19(28-18)14-5-3-4-6-15(14)21/h3-8,10H,2,9,11-12H2,1H3,(H,22,23,27). The minimum absolute atomic E-state index is 0.169. The molecule has 146 valence electrons. The number of carbonyl (C=O) groups excluding carboxylic acids is 1. The van der Waals surface area contributed by atoms with Gasteiger partial charge >= 0.3 is 0 Å². The highest BCUT2D eigenvalue weighted by atomic mass is 35.5.